The number of nitrogens with zero attached hydrogens (tertiary/aromatic N) is 2. The SMILES string of the molecule is Cn1ccc([C@@H](NC(=O)C2CCOCC2)c2ccc(Cl)cc2)n1. The van der Waals surface area contributed by atoms with E-state index in [0.29, 0.717) is 18.2 Å². The highest BCUT2D eigenvalue weighted by atomic mass is 35.5. The second-order valence-corrected chi connectivity index (χ2v) is 6.23. The van der Waals surface area contributed by atoms with Gasteiger partial charge < -0.3 is 10.1 Å². The van der Waals surface area contributed by atoms with Crippen molar-refractivity contribution in [1.29, 1.82) is 0 Å². The maximum absolute atomic E-state index is 12.6. The van der Waals surface area contributed by atoms with E-state index in [1.54, 1.807) is 4.68 Å². The van der Waals surface area contributed by atoms with E-state index in [0.717, 1.165) is 24.1 Å². The summed E-state index contributed by atoms with van der Waals surface area (Å²) in [6.07, 6.45) is 3.40. The zero-order valence-corrected chi connectivity index (χ0v) is 13.8. The molecule has 2 heterocycles. The van der Waals surface area contributed by atoms with Crippen molar-refractivity contribution in [2.24, 2.45) is 13.0 Å². The lowest BCUT2D eigenvalue weighted by Crippen LogP contribution is -2.37. The Hall–Kier alpha value is -1.85. The molecule has 23 heavy (non-hydrogen) atoms. The smallest absolute Gasteiger partial charge is 0.224 e. The zero-order valence-electron chi connectivity index (χ0n) is 13.0. The number of rotatable bonds is 4. The molecule has 2 aromatic rings. The van der Waals surface area contributed by atoms with Gasteiger partial charge in [0, 0.05) is 37.4 Å². The Bertz CT molecular complexity index is 663. The summed E-state index contributed by atoms with van der Waals surface area (Å²) in [5, 5.41) is 8.26. The Labute approximate surface area is 140 Å². The van der Waals surface area contributed by atoms with Crippen LogP contribution in [0, 0.1) is 5.92 Å². The van der Waals surface area contributed by atoms with Gasteiger partial charge in [-0.3, -0.25) is 9.48 Å². The van der Waals surface area contributed by atoms with Crippen LogP contribution < -0.4 is 5.32 Å². The fourth-order valence-electron chi connectivity index (χ4n) is 2.79. The van der Waals surface area contributed by atoms with Crippen LogP contribution in [0.15, 0.2) is 36.5 Å². The van der Waals surface area contributed by atoms with Gasteiger partial charge in [0.2, 0.25) is 5.91 Å². The molecule has 0 radical (unpaired) electrons. The van der Waals surface area contributed by atoms with Crippen LogP contribution >= 0.6 is 11.6 Å². The van der Waals surface area contributed by atoms with Crippen molar-refractivity contribution in [3.05, 3.63) is 52.8 Å². The molecule has 0 saturated carbocycles. The number of carbonyl (C=O) groups excluding carboxylic acids is 1. The molecule has 1 N–H and O–H groups in total. The summed E-state index contributed by atoms with van der Waals surface area (Å²) in [7, 11) is 1.86. The largest absolute Gasteiger partial charge is 0.381 e. The van der Waals surface area contributed by atoms with Gasteiger partial charge >= 0.3 is 0 Å². The molecule has 1 aromatic carbocycles. The lowest BCUT2D eigenvalue weighted by Gasteiger charge is -2.24. The number of amides is 1. The first-order valence-electron chi connectivity index (χ1n) is 7.76. The topological polar surface area (TPSA) is 56.2 Å². The van der Waals surface area contributed by atoms with E-state index in [4.69, 9.17) is 16.3 Å². The highest BCUT2D eigenvalue weighted by Gasteiger charge is 2.26. The number of aromatic nitrogens is 2. The predicted octanol–water partition coefficient (Wildman–Crippen LogP) is 2.71. The van der Waals surface area contributed by atoms with Crippen molar-refractivity contribution in [2.45, 2.75) is 18.9 Å². The Morgan fingerprint density at radius 1 is 1.30 bits per heavy atom. The third-order valence-electron chi connectivity index (χ3n) is 4.11. The highest BCUT2D eigenvalue weighted by Crippen LogP contribution is 2.24. The van der Waals surface area contributed by atoms with E-state index < -0.39 is 0 Å². The first-order chi connectivity index (χ1) is 11.1. The lowest BCUT2D eigenvalue weighted by atomic mass is 9.97. The minimum Gasteiger partial charge on any atom is -0.381 e. The molecule has 6 heteroatoms. The van der Waals surface area contributed by atoms with Crippen LogP contribution in [0.2, 0.25) is 5.02 Å². The predicted molar refractivity (Wildman–Crippen MR) is 88.2 cm³/mol. The maximum atomic E-state index is 12.6. The summed E-state index contributed by atoms with van der Waals surface area (Å²) in [5.41, 5.74) is 1.78. The van der Waals surface area contributed by atoms with Gasteiger partial charge in [-0.15, -0.1) is 0 Å². The molecule has 0 bridgehead atoms. The molecule has 0 aliphatic carbocycles. The van der Waals surface area contributed by atoms with Crippen LogP contribution in [0.3, 0.4) is 0 Å². The molecule has 122 valence electrons. The summed E-state index contributed by atoms with van der Waals surface area (Å²) in [6.45, 7) is 1.29. The monoisotopic (exact) mass is 333 g/mol. The van der Waals surface area contributed by atoms with Gasteiger partial charge in [0.05, 0.1) is 11.7 Å². The molecular weight excluding hydrogens is 314 g/mol. The quantitative estimate of drug-likeness (QED) is 0.936. The lowest BCUT2D eigenvalue weighted by molar-refractivity contribution is -0.128. The van der Waals surface area contributed by atoms with E-state index in [-0.39, 0.29) is 17.9 Å². The molecule has 3 rings (SSSR count). The molecule has 0 spiro atoms. The second kappa shape index (κ2) is 7.15. The Balaban J connectivity index is 1.82. The van der Waals surface area contributed by atoms with E-state index >= 15 is 0 Å². The molecule has 1 aliphatic heterocycles. The fraction of sp³-hybridized carbons (Fsp3) is 0.412. The van der Waals surface area contributed by atoms with Crippen LogP contribution in [0.25, 0.3) is 0 Å². The van der Waals surface area contributed by atoms with Gasteiger partial charge in [-0.1, -0.05) is 23.7 Å². The van der Waals surface area contributed by atoms with Crippen LogP contribution in [0.5, 0.6) is 0 Å². The number of nitrogens with one attached hydrogen (secondary N) is 1. The molecule has 1 saturated heterocycles. The minimum absolute atomic E-state index is 0.00209. The van der Waals surface area contributed by atoms with E-state index in [1.807, 2.05) is 43.6 Å². The Morgan fingerprint density at radius 2 is 2.00 bits per heavy atom. The van der Waals surface area contributed by atoms with Crippen molar-refractivity contribution < 1.29 is 9.53 Å². The second-order valence-electron chi connectivity index (χ2n) is 5.79. The van der Waals surface area contributed by atoms with Crippen LogP contribution in [-0.2, 0) is 16.6 Å². The number of benzene rings is 1. The van der Waals surface area contributed by atoms with Crippen molar-refractivity contribution in [3.8, 4) is 0 Å². The highest BCUT2D eigenvalue weighted by molar-refractivity contribution is 6.30. The Kier molecular flexibility index (Phi) is 4.98. The van der Waals surface area contributed by atoms with E-state index in [2.05, 4.69) is 10.4 Å². The standard InChI is InChI=1S/C17H20ClN3O2/c1-21-9-6-15(20-21)16(12-2-4-14(18)5-3-12)19-17(22)13-7-10-23-11-8-13/h2-6,9,13,16H,7-8,10-11H2,1H3,(H,19,22)/t16-/m0/s1. The van der Waals surface area contributed by atoms with Gasteiger partial charge in [-0.2, -0.15) is 5.10 Å². The minimum atomic E-state index is -0.274. The summed E-state index contributed by atoms with van der Waals surface area (Å²) >= 11 is 5.97. The van der Waals surface area contributed by atoms with E-state index in [9.17, 15) is 4.79 Å². The molecular formula is C17H20ClN3O2. The third-order valence-corrected chi connectivity index (χ3v) is 4.36. The van der Waals surface area contributed by atoms with Crippen molar-refractivity contribution in [2.75, 3.05) is 13.2 Å². The van der Waals surface area contributed by atoms with Gasteiger partial charge in [0.1, 0.15) is 0 Å². The molecule has 0 unspecified atom stereocenters. The Morgan fingerprint density at radius 3 is 2.61 bits per heavy atom. The summed E-state index contributed by atoms with van der Waals surface area (Å²) < 4.78 is 7.07. The molecule has 1 aromatic heterocycles. The number of halogens is 1. The number of aryl methyl sites for hydroxylation is 1. The molecule has 1 aliphatic rings. The first-order valence-corrected chi connectivity index (χ1v) is 8.14. The first kappa shape index (κ1) is 16.0. The van der Waals surface area contributed by atoms with Gasteiger partial charge in [-0.25, -0.2) is 0 Å². The average Bonchev–Trinajstić information content (AvgIpc) is 3.00. The van der Waals surface area contributed by atoms with Crippen molar-refractivity contribution >= 4 is 17.5 Å². The summed E-state index contributed by atoms with van der Waals surface area (Å²) in [6, 6.07) is 9.14. The molecule has 1 fully saturated rings. The van der Waals surface area contributed by atoms with Crippen LogP contribution in [0.1, 0.15) is 30.1 Å². The number of hydrogen-bond donors (Lipinski definition) is 1. The molecule has 5 nitrogen and oxygen atoms in total. The van der Waals surface area contributed by atoms with Gasteiger partial charge in [0.15, 0.2) is 0 Å². The fourth-order valence-corrected chi connectivity index (χ4v) is 2.92. The number of hydrogen-bond acceptors (Lipinski definition) is 3. The van der Waals surface area contributed by atoms with Crippen LogP contribution in [-0.4, -0.2) is 28.9 Å². The number of carbonyl (C=O) groups is 1. The van der Waals surface area contributed by atoms with Crippen molar-refractivity contribution in [1.82, 2.24) is 15.1 Å². The molecule has 1 amide bonds. The average molecular weight is 334 g/mol. The summed E-state index contributed by atoms with van der Waals surface area (Å²) in [4.78, 5) is 12.6. The normalized spacial score (nSPS) is 17.0. The van der Waals surface area contributed by atoms with Gasteiger partial charge in [-0.05, 0) is 36.6 Å². The van der Waals surface area contributed by atoms with Crippen LogP contribution in [0.4, 0.5) is 0 Å². The maximum Gasteiger partial charge on any atom is 0.224 e. The van der Waals surface area contributed by atoms with E-state index in [1.165, 1.54) is 0 Å². The summed E-state index contributed by atoms with van der Waals surface area (Å²) in [5.74, 6) is 0.0566. The third kappa shape index (κ3) is 3.92. The zero-order chi connectivity index (χ0) is 16.2. The van der Waals surface area contributed by atoms with Crippen molar-refractivity contribution in [3.63, 3.8) is 0 Å². The molecule has 1 atom stereocenters. The number of ether oxygens (including phenoxy) is 1. The van der Waals surface area contributed by atoms with Gasteiger partial charge in [0.25, 0.3) is 0 Å².